The highest BCUT2D eigenvalue weighted by atomic mass is 16.6. The standard InChI is InChI=1S/C29H30N8O2/c30-28-27-24(20-9-10-21-16-35(34-25(21)11-20)15-19-5-2-1-3-6-19)12-22(37(27)33-17-32-28)7-4-8-23-13-31-14-26-29(38)39-18-36(23)26/h1-3,5-6,9-12,16-17,23,26,31H,4,7-8,13-15,18H2,(H2,30,32,33). The lowest BCUT2D eigenvalue weighted by Gasteiger charge is -2.34. The first-order valence-electron chi connectivity index (χ1n) is 13.4. The van der Waals surface area contributed by atoms with Gasteiger partial charge >= 0.3 is 5.97 Å². The predicted molar refractivity (Wildman–Crippen MR) is 148 cm³/mol. The third-order valence-corrected chi connectivity index (χ3v) is 7.89. The molecule has 198 valence electrons. The number of ether oxygens (including phenoxy) is 1. The van der Waals surface area contributed by atoms with Gasteiger partial charge in [-0.1, -0.05) is 42.5 Å². The second-order valence-corrected chi connectivity index (χ2v) is 10.4. The molecular weight excluding hydrogens is 492 g/mol. The number of hydrogen-bond acceptors (Lipinski definition) is 8. The van der Waals surface area contributed by atoms with E-state index in [4.69, 9.17) is 15.6 Å². The van der Waals surface area contributed by atoms with E-state index in [-0.39, 0.29) is 18.1 Å². The number of nitrogens with one attached hydrogen (secondary N) is 1. The highest BCUT2D eigenvalue weighted by Gasteiger charge is 2.40. The van der Waals surface area contributed by atoms with E-state index in [0.29, 0.717) is 19.1 Å². The summed E-state index contributed by atoms with van der Waals surface area (Å²) in [5, 5.41) is 13.9. The largest absolute Gasteiger partial charge is 0.448 e. The van der Waals surface area contributed by atoms with Gasteiger partial charge in [0.25, 0.3) is 0 Å². The molecule has 0 saturated carbocycles. The van der Waals surface area contributed by atoms with Gasteiger partial charge in [-0.15, -0.1) is 0 Å². The number of anilines is 1. The summed E-state index contributed by atoms with van der Waals surface area (Å²) in [5.41, 5.74) is 12.4. The smallest absolute Gasteiger partial charge is 0.326 e. The topological polar surface area (TPSA) is 116 Å². The van der Waals surface area contributed by atoms with Crippen LogP contribution in [0.25, 0.3) is 27.5 Å². The Balaban J connectivity index is 1.14. The van der Waals surface area contributed by atoms with Gasteiger partial charge in [0.1, 0.15) is 24.6 Å². The quantitative estimate of drug-likeness (QED) is 0.314. The SMILES string of the molecule is Nc1ncnn2c(CCCC3CNCC4C(=O)OCN34)cc(-c3ccc4cn(Cc5ccccc5)nc4c3)c12. The number of aryl methyl sites for hydroxylation is 1. The summed E-state index contributed by atoms with van der Waals surface area (Å²) in [4.78, 5) is 18.5. The average Bonchev–Trinajstić information content (AvgIpc) is 3.65. The third-order valence-electron chi connectivity index (χ3n) is 7.89. The number of rotatable bonds is 7. The van der Waals surface area contributed by atoms with Crippen LogP contribution in [0.1, 0.15) is 24.1 Å². The van der Waals surface area contributed by atoms with Crippen LogP contribution in [0.2, 0.25) is 0 Å². The Bertz CT molecular complexity index is 1660. The molecule has 5 aromatic rings. The highest BCUT2D eigenvalue weighted by molar-refractivity contribution is 5.92. The molecule has 2 unspecified atom stereocenters. The van der Waals surface area contributed by atoms with Crippen molar-refractivity contribution in [3.05, 3.63) is 78.4 Å². The number of benzene rings is 2. The van der Waals surface area contributed by atoms with Gasteiger partial charge < -0.3 is 15.8 Å². The summed E-state index contributed by atoms with van der Waals surface area (Å²) in [6.07, 6.45) is 6.31. The average molecular weight is 523 g/mol. The molecule has 2 saturated heterocycles. The van der Waals surface area contributed by atoms with Gasteiger partial charge in [-0.25, -0.2) is 9.50 Å². The van der Waals surface area contributed by atoms with Crippen molar-refractivity contribution in [2.45, 2.75) is 37.9 Å². The molecule has 10 heteroatoms. The fourth-order valence-corrected chi connectivity index (χ4v) is 5.93. The molecule has 2 fully saturated rings. The van der Waals surface area contributed by atoms with Gasteiger partial charge in [0, 0.05) is 42.0 Å². The van der Waals surface area contributed by atoms with Crippen molar-refractivity contribution in [1.29, 1.82) is 0 Å². The van der Waals surface area contributed by atoms with Crippen LogP contribution in [0.4, 0.5) is 5.82 Å². The molecule has 2 aliphatic rings. The van der Waals surface area contributed by atoms with Gasteiger partial charge in [0.05, 0.1) is 12.1 Å². The maximum Gasteiger partial charge on any atom is 0.326 e. The summed E-state index contributed by atoms with van der Waals surface area (Å²) in [6, 6.07) is 18.9. The number of nitrogens with two attached hydrogens (primary N) is 1. The van der Waals surface area contributed by atoms with Crippen LogP contribution in [-0.4, -0.2) is 67.2 Å². The van der Waals surface area contributed by atoms with Crippen molar-refractivity contribution < 1.29 is 9.53 Å². The minimum absolute atomic E-state index is 0.122. The Morgan fingerprint density at radius 2 is 2.00 bits per heavy atom. The Hall–Kier alpha value is -4.28. The first-order valence-corrected chi connectivity index (χ1v) is 13.4. The lowest BCUT2D eigenvalue weighted by molar-refractivity contribution is -0.139. The number of carbonyl (C=O) groups is 1. The zero-order chi connectivity index (χ0) is 26.3. The monoisotopic (exact) mass is 522 g/mol. The molecule has 2 aliphatic heterocycles. The van der Waals surface area contributed by atoms with Gasteiger partial charge in [-0.2, -0.15) is 10.2 Å². The van der Waals surface area contributed by atoms with Crippen molar-refractivity contribution in [2.75, 3.05) is 25.6 Å². The number of cyclic esters (lactones) is 1. The molecule has 3 N–H and O–H groups in total. The van der Waals surface area contributed by atoms with Crippen molar-refractivity contribution >= 4 is 28.2 Å². The summed E-state index contributed by atoms with van der Waals surface area (Å²) >= 11 is 0. The van der Waals surface area contributed by atoms with E-state index in [1.807, 2.05) is 27.4 Å². The predicted octanol–water partition coefficient (Wildman–Crippen LogP) is 2.86. The summed E-state index contributed by atoms with van der Waals surface area (Å²) in [6.45, 7) is 2.63. The summed E-state index contributed by atoms with van der Waals surface area (Å²) in [5.74, 6) is 0.330. The molecule has 10 nitrogen and oxygen atoms in total. The van der Waals surface area contributed by atoms with Crippen molar-refractivity contribution in [3.8, 4) is 11.1 Å². The number of carbonyl (C=O) groups excluding carboxylic acids is 1. The van der Waals surface area contributed by atoms with Crippen LogP contribution >= 0.6 is 0 Å². The Labute approximate surface area is 225 Å². The van der Waals surface area contributed by atoms with E-state index in [0.717, 1.165) is 65.6 Å². The molecule has 3 aromatic heterocycles. The van der Waals surface area contributed by atoms with Crippen LogP contribution < -0.4 is 11.1 Å². The lowest BCUT2D eigenvalue weighted by atomic mass is 10.0. The molecule has 2 aromatic carbocycles. The minimum atomic E-state index is -0.164. The molecule has 0 aliphatic carbocycles. The van der Waals surface area contributed by atoms with E-state index in [1.165, 1.54) is 11.9 Å². The normalized spacial score (nSPS) is 19.5. The summed E-state index contributed by atoms with van der Waals surface area (Å²) < 4.78 is 9.18. The van der Waals surface area contributed by atoms with E-state index in [1.54, 1.807) is 0 Å². The maximum atomic E-state index is 12.0. The summed E-state index contributed by atoms with van der Waals surface area (Å²) in [7, 11) is 0. The molecule has 0 amide bonds. The van der Waals surface area contributed by atoms with Crippen LogP contribution in [-0.2, 0) is 22.5 Å². The number of hydrogen-bond donors (Lipinski definition) is 2. The van der Waals surface area contributed by atoms with Gasteiger partial charge in [-0.3, -0.25) is 14.4 Å². The Morgan fingerprint density at radius 3 is 2.90 bits per heavy atom. The molecule has 0 radical (unpaired) electrons. The molecule has 5 heterocycles. The number of fused-ring (bicyclic) bond motifs is 3. The van der Waals surface area contributed by atoms with Gasteiger partial charge in [0.2, 0.25) is 0 Å². The van der Waals surface area contributed by atoms with E-state index in [2.05, 4.69) is 62.9 Å². The highest BCUT2D eigenvalue weighted by Crippen LogP contribution is 2.33. The number of nitrogens with zero attached hydrogens (tertiary/aromatic N) is 6. The van der Waals surface area contributed by atoms with E-state index < -0.39 is 0 Å². The first-order chi connectivity index (χ1) is 19.1. The lowest BCUT2D eigenvalue weighted by Crippen LogP contribution is -2.56. The molecule has 39 heavy (non-hydrogen) atoms. The van der Waals surface area contributed by atoms with Crippen molar-refractivity contribution in [2.24, 2.45) is 0 Å². The molecule has 7 rings (SSSR count). The number of aromatic nitrogens is 5. The number of piperazine rings is 1. The second-order valence-electron chi connectivity index (χ2n) is 10.4. The molecule has 0 spiro atoms. The van der Waals surface area contributed by atoms with Crippen molar-refractivity contribution in [3.63, 3.8) is 0 Å². The van der Waals surface area contributed by atoms with Crippen molar-refractivity contribution in [1.82, 2.24) is 34.6 Å². The second kappa shape index (κ2) is 9.79. The molecule has 0 bridgehead atoms. The first kappa shape index (κ1) is 23.8. The van der Waals surface area contributed by atoms with Crippen LogP contribution in [0.5, 0.6) is 0 Å². The van der Waals surface area contributed by atoms with Gasteiger partial charge in [-0.05, 0) is 42.5 Å². The molecular formula is C29H30N8O2. The fraction of sp³-hybridized carbons (Fsp3) is 0.310. The Morgan fingerprint density at radius 1 is 1.10 bits per heavy atom. The minimum Gasteiger partial charge on any atom is -0.448 e. The zero-order valence-corrected chi connectivity index (χ0v) is 21.5. The number of esters is 1. The van der Waals surface area contributed by atoms with Gasteiger partial charge in [0.15, 0.2) is 5.82 Å². The van der Waals surface area contributed by atoms with Crippen LogP contribution in [0.3, 0.4) is 0 Å². The third kappa shape index (κ3) is 4.41. The zero-order valence-electron chi connectivity index (χ0n) is 21.5. The fourth-order valence-electron chi connectivity index (χ4n) is 5.93. The van der Waals surface area contributed by atoms with Crippen LogP contribution in [0, 0.1) is 0 Å². The van der Waals surface area contributed by atoms with E-state index in [9.17, 15) is 4.79 Å². The number of nitrogen functional groups attached to an aromatic ring is 1. The van der Waals surface area contributed by atoms with Crippen LogP contribution in [0.15, 0.2) is 67.1 Å². The molecule has 2 atom stereocenters. The Kier molecular flexibility index (Phi) is 5.98. The maximum absolute atomic E-state index is 12.0. The van der Waals surface area contributed by atoms with E-state index >= 15 is 0 Å².